The summed E-state index contributed by atoms with van der Waals surface area (Å²) >= 11 is 6.39. The molecular weight excluding hydrogens is 619 g/mol. The highest BCUT2D eigenvalue weighted by atomic mass is 35.5. The number of methoxy groups -OCH3 is 1. The van der Waals surface area contributed by atoms with E-state index in [1.165, 1.54) is 24.1 Å². The van der Waals surface area contributed by atoms with Crippen LogP contribution in [0.2, 0.25) is 5.02 Å². The molecule has 1 aromatic carbocycles. The van der Waals surface area contributed by atoms with Crippen molar-refractivity contribution in [1.82, 2.24) is 20.4 Å². The van der Waals surface area contributed by atoms with Crippen LogP contribution in [0.3, 0.4) is 0 Å². The van der Waals surface area contributed by atoms with Gasteiger partial charge in [-0.1, -0.05) is 43.0 Å². The SMILES string of the molecule is COC(=O)NCCC[C@@](O)(c1cccc(F)c1Cl)[C@@H]1CCCN(C(=O)N[C@H](CN(C)C(=O)OC(C)(C)C)[C@@H](O)C2CCCCC2)C1. The van der Waals surface area contributed by atoms with Gasteiger partial charge in [-0.05, 0) is 71.3 Å². The zero-order valence-electron chi connectivity index (χ0n) is 27.8. The minimum absolute atomic E-state index is 0.0148. The van der Waals surface area contributed by atoms with Crippen LogP contribution in [0.15, 0.2) is 18.2 Å². The van der Waals surface area contributed by atoms with Gasteiger partial charge in [0.2, 0.25) is 0 Å². The predicted octanol–water partition coefficient (Wildman–Crippen LogP) is 5.40. The van der Waals surface area contributed by atoms with Crippen molar-refractivity contribution in [2.75, 3.05) is 40.3 Å². The fourth-order valence-electron chi connectivity index (χ4n) is 6.57. The number of carbonyl (C=O) groups excluding carboxylic acids is 3. The molecule has 4 N–H and O–H groups in total. The Hall–Kier alpha value is -2.83. The Morgan fingerprint density at radius 3 is 2.50 bits per heavy atom. The third kappa shape index (κ3) is 10.3. The van der Waals surface area contributed by atoms with E-state index < -0.39 is 53.3 Å². The second-order valence-corrected chi connectivity index (χ2v) is 14.0. The molecule has 2 aliphatic rings. The van der Waals surface area contributed by atoms with Crippen molar-refractivity contribution < 1.29 is 38.5 Å². The summed E-state index contributed by atoms with van der Waals surface area (Å²) in [6, 6.07) is 3.11. The normalized spacial score (nSPS) is 20.2. The number of hydrogen-bond acceptors (Lipinski definition) is 7. The van der Waals surface area contributed by atoms with Gasteiger partial charge in [0.25, 0.3) is 0 Å². The van der Waals surface area contributed by atoms with E-state index in [4.69, 9.17) is 16.3 Å². The zero-order valence-corrected chi connectivity index (χ0v) is 28.6. The molecule has 1 saturated heterocycles. The summed E-state index contributed by atoms with van der Waals surface area (Å²) in [6.45, 7) is 6.14. The molecule has 4 amide bonds. The van der Waals surface area contributed by atoms with Crippen molar-refractivity contribution in [1.29, 1.82) is 0 Å². The average molecular weight is 671 g/mol. The summed E-state index contributed by atoms with van der Waals surface area (Å²) in [5.74, 6) is -1.18. The van der Waals surface area contributed by atoms with E-state index in [0.717, 1.165) is 32.1 Å². The maximum absolute atomic E-state index is 14.6. The van der Waals surface area contributed by atoms with Gasteiger partial charge in [0, 0.05) is 44.7 Å². The topological polar surface area (TPSA) is 141 Å². The zero-order chi connectivity index (χ0) is 34.1. The number of likely N-dealkylation sites (N-methyl/N-ethyl adjacent to an activating group) is 1. The Bertz CT molecular complexity index is 1180. The minimum atomic E-state index is -1.60. The summed E-state index contributed by atoms with van der Waals surface area (Å²) in [5, 5.41) is 29.1. The molecule has 0 unspecified atom stereocenters. The molecular formula is C33H52ClFN4O7. The number of alkyl carbamates (subject to hydrolysis) is 1. The number of halogens is 2. The first-order valence-electron chi connectivity index (χ1n) is 16.3. The molecule has 11 nitrogen and oxygen atoms in total. The number of benzene rings is 1. The Labute approximate surface area is 277 Å². The lowest BCUT2D eigenvalue weighted by atomic mass is 9.74. The summed E-state index contributed by atoms with van der Waals surface area (Å²) in [4.78, 5) is 41.1. The van der Waals surface area contributed by atoms with Gasteiger partial charge in [0.05, 0.1) is 29.9 Å². The lowest BCUT2D eigenvalue weighted by Gasteiger charge is -2.44. The standard InChI is InChI=1S/C33H52ClFN4O7/c1-32(2,3)46-31(43)38(4)21-26(28(40)22-12-7-6-8-13-22)37-29(41)39-19-10-14-23(20-39)33(44,17-11-18-36-30(42)45-5)24-15-9-16-25(35)27(24)34/h9,15-16,22-23,26,28,40,44H,6-8,10-14,17-21H2,1-5H3,(H,36,42)(H,37,41)/t23-,26-,28+,33+/m1/s1. The molecule has 260 valence electrons. The number of aliphatic hydroxyl groups excluding tert-OH is 1. The van der Waals surface area contributed by atoms with Crippen molar-refractivity contribution >= 4 is 29.8 Å². The molecule has 0 radical (unpaired) electrons. The van der Waals surface area contributed by atoms with Gasteiger partial charge in [0.15, 0.2) is 0 Å². The molecule has 4 atom stereocenters. The number of likely N-dealkylation sites (tertiary alicyclic amines) is 1. The number of rotatable bonds is 11. The maximum Gasteiger partial charge on any atom is 0.410 e. The first kappa shape index (κ1) is 37.6. The molecule has 1 aromatic rings. The van der Waals surface area contributed by atoms with E-state index >= 15 is 0 Å². The van der Waals surface area contributed by atoms with Gasteiger partial charge >= 0.3 is 18.2 Å². The monoisotopic (exact) mass is 670 g/mol. The fourth-order valence-corrected chi connectivity index (χ4v) is 6.86. The van der Waals surface area contributed by atoms with E-state index in [0.29, 0.717) is 25.8 Å². The van der Waals surface area contributed by atoms with E-state index in [-0.39, 0.29) is 42.6 Å². The number of urea groups is 1. The molecule has 1 heterocycles. The average Bonchev–Trinajstić information content (AvgIpc) is 3.03. The quantitative estimate of drug-likeness (QED) is 0.231. The summed E-state index contributed by atoms with van der Waals surface area (Å²) in [5.41, 5.74) is -2.08. The highest BCUT2D eigenvalue weighted by Gasteiger charge is 2.43. The number of carbonyl (C=O) groups is 3. The number of hydrogen-bond donors (Lipinski definition) is 4. The Balaban J connectivity index is 1.80. The molecule has 1 aliphatic carbocycles. The van der Waals surface area contributed by atoms with Crippen molar-refractivity contribution in [3.05, 3.63) is 34.6 Å². The fraction of sp³-hybridized carbons (Fsp3) is 0.727. The summed E-state index contributed by atoms with van der Waals surface area (Å²) < 4.78 is 24.7. The van der Waals surface area contributed by atoms with Gasteiger partial charge < -0.3 is 40.1 Å². The van der Waals surface area contributed by atoms with Crippen LogP contribution in [0.25, 0.3) is 0 Å². The van der Waals surface area contributed by atoms with E-state index in [2.05, 4.69) is 15.4 Å². The van der Waals surface area contributed by atoms with Gasteiger partial charge in [0.1, 0.15) is 11.4 Å². The minimum Gasteiger partial charge on any atom is -0.453 e. The molecule has 1 saturated carbocycles. The number of aliphatic hydroxyl groups is 2. The number of amides is 4. The lowest BCUT2D eigenvalue weighted by Crippen LogP contribution is -2.58. The highest BCUT2D eigenvalue weighted by molar-refractivity contribution is 6.31. The van der Waals surface area contributed by atoms with Crippen molar-refractivity contribution in [3.8, 4) is 0 Å². The number of nitrogens with one attached hydrogen (secondary N) is 2. The molecule has 2 fully saturated rings. The van der Waals surface area contributed by atoms with Crippen LogP contribution in [0.4, 0.5) is 18.8 Å². The number of piperidine rings is 1. The van der Waals surface area contributed by atoms with Crippen LogP contribution < -0.4 is 10.6 Å². The molecule has 3 rings (SSSR count). The second-order valence-electron chi connectivity index (χ2n) is 13.6. The molecule has 0 aromatic heterocycles. The Morgan fingerprint density at radius 2 is 1.85 bits per heavy atom. The molecule has 46 heavy (non-hydrogen) atoms. The van der Waals surface area contributed by atoms with Crippen LogP contribution in [0.5, 0.6) is 0 Å². The van der Waals surface area contributed by atoms with Gasteiger partial charge in [-0.3, -0.25) is 0 Å². The van der Waals surface area contributed by atoms with Crippen LogP contribution >= 0.6 is 11.6 Å². The first-order valence-corrected chi connectivity index (χ1v) is 16.7. The van der Waals surface area contributed by atoms with Gasteiger partial charge in [-0.25, -0.2) is 18.8 Å². The largest absolute Gasteiger partial charge is 0.453 e. The smallest absolute Gasteiger partial charge is 0.410 e. The molecule has 1 aliphatic heterocycles. The van der Waals surface area contributed by atoms with Crippen LogP contribution in [-0.2, 0) is 15.1 Å². The van der Waals surface area contributed by atoms with E-state index in [9.17, 15) is 29.0 Å². The molecule has 13 heteroatoms. The van der Waals surface area contributed by atoms with Crippen LogP contribution in [-0.4, -0.2) is 96.3 Å². The van der Waals surface area contributed by atoms with Crippen molar-refractivity contribution in [2.45, 2.75) is 102 Å². The van der Waals surface area contributed by atoms with Crippen molar-refractivity contribution in [2.24, 2.45) is 11.8 Å². The van der Waals surface area contributed by atoms with Gasteiger partial charge in [-0.15, -0.1) is 0 Å². The van der Waals surface area contributed by atoms with E-state index in [1.807, 2.05) is 0 Å². The third-order valence-electron chi connectivity index (χ3n) is 9.02. The Morgan fingerprint density at radius 1 is 1.15 bits per heavy atom. The highest BCUT2D eigenvalue weighted by Crippen LogP contribution is 2.43. The summed E-state index contributed by atoms with van der Waals surface area (Å²) in [6.07, 6.45) is 4.33. The van der Waals surface area contributed by atoms with E-state index in [1.54, 1.807) is 38.8 Å². The van der Waals surface area contributed by atoms with Gasteiger partial charge in [-0.2, -0.15) is 0 Å². The molecule has 0 spiro atoms. The lowest BCUT2D eigenvalue weighted by molar-refractivity contribution is -0.0558. The summed E-state index contributed by atoms with van der Waals surface area (Å²) in [7, 11) is 2.84. The number of nitrogens with zero attached hydrogens (tertiary/aromatic N) is 2. The van der Waals surface area contributed by atoms with Crippen LogP contribution in [0, 0.1) is 17.7 Å². The predicted molar refractivity (Wildman–Crippen MR) is 173 cm³/mol. The molecule has 0 bridgehead atoms. The third-order valence-corrected chi connectivity index (χ3v) is 9.41. The second kappa shape index (κ2) is 16.8. The number of ether oxygens (including phenoxy) is 2. The first-order chi connectivity index (χ1) is 21.7. The Kier molecular flexibility index (Phi) is 13.8. The van der Waals surface area contributed by atoms with Crippen molar-refractivity contribution in [3.63, 3.8) is 0 Å². The van der Waals surface area contributed by atoms with Crippen LogP contribution in [0.1, 0.15) is 84.1 Å². The maximum atomic E-state index is 14.6.